The molecule has 0 aromatic rings. The van der Waals surface area contributed by atoms with Crippen molar-refractivity contribution in [1.29, 1.82) is 0 Å². The van der Waals surface area contributed by atoms with Crippen molar-refractivity contribution in [2.45, 2.75) is 59.4 Å². The maximum Gasteiger partial charge on any atom is 0.0446 e. The summed E-state index contributed by atoms with van der Waals surface area (Å²) in [6, 6.07) is 0.446. The average Bonchev–Trinajstić information content (AvgIpc) is 2.54. The lowest BCUT2D eigenvalue weighted by Gasteiger charge is -2.30. The molecule has 0 radical (unpaired) electrons. The molecule has 1 aliphatic rings. The van der Waals surface area contributed by atoms with E-state index in [1.165, 1.54) is 32.4 Å². The second-order valence-corrected chi connectivity index (χ2v) is 7.06. The topological polar surface area (TPSA) is 35.5 Å². The molecule has 1 heterocycles. The molecule has 0 spiro atoms. The molecule has 1 rings (SSSR count). The molecule has 2 atom stereocenters. The number of hydrogen-bond acceptors (Lipinski definition) is 3. The first-order chi connectivity index (χ1) is 8.97. The Morgan fingerprint density at radius 2 is 2.00 bits per heavy atom. The summed E-state index contributed by atoms with van der Waals surface area (Å²) in [5, 5.41) is 12.6. The highest BCUT2D eigenvalue weighted by molar-refractivity contribution is 4.80. The summed E-state index contributed by atoms with van der Waals surface area (Å²) in [5.74, 6) is 0.855. The second-order valence-electron chi connectivity index (χ2n) is 7.06. The largest absolute Gasteiger partial charge is 0.396 e. The third-order valence-electron chi connectivity index (χ3n) is 4.49. The number of rotatable bonds is 6. The van der Waals surface area contributed by atoms with E-state index in [0.29, 0.717) is 11.5 Å². The van der Waals surface area contributed by atoms with Crippen molar-refractivity contribution in [3.8, 4) is 0 Å². The van der Waals surface area contributed by atoms with E-state index in [9.17, 15) is 0 Å². The van der Waals surface area contributed by atoms with Gasteiger partial charge in [0.2, 0.25) is 0 Å². The van der Waals surface area contributed by atoms with Crippen LogP contribution in [0.2, 0.25) is 0 Å². The third-order valence-corrected chi connectivity index (χ3v) is 4.49. The highest BCUT2D eigenvalue weighted by Gasteiger charge is 2.27. The summed E-state index contributed by atoms with van der Waals surface area (Å²) in [5.41, 5.74) is 0.447. The summed E-state index contributed by atoms with van der Waals surface area (Å²) in [7, 11) is 0. The van der Waals surface area contributed by atoms with E-state index in [1.807, 2.05) is 0 Å². The van der Waals surface area contributed by atoms with E-state index < -0.39 is 0 Å². The summed E-state index contributed by atoms with van der Waals surface area (Å²) in [6.07, 6.45) is 4.88. The summed E-state index contributed by atoms with van der Waals surface area (Å²) in [4.78, 5) is 2.59. The molecule has 1 aliphatic heterocycles. The predicted molar refractivity (Wildman–Crippen MR) is 82.4 cm³/mol. The lowest BCUT2D eigenvalue weighted by atomic mass is 9.77. The maximum atomic E-state index is 9.14. The van der Waals surface area contributed by atoms with E-state index in [2.05, 4.69) is 37.9 Å². The van der Waals surface area contributed by atoms with Gasteiger partial charge in [-0.1, -0.05) is 27.7 Å². The van der Waals surface area contributed by atoms with Crippen molar-refractivity contribution in [1.82, 2.24) is 10.2 Å². The number of nitrogens with one attached hydrogen (secondary N) is 1. The van der Waals surface area contributed by atoms with E-state index in [1.54, 1.807) is 0 Å². The number of aliphatic hydroxyl groups excluding tert-OH is 1. The first-order valence-electron chi connectivity index (χ1n) is 8.04. The van der Waals surface area contributed by atoms with Crippen LogP contribution < -0.4 is 5.32 Å². The normalized spacial score (nSPS) is 24.2. The van der Waals surface area contributed by atoms with Gasteiger partial charge in [0, 0.05) is 19.2 Å². The summed E-state index contributed by atoms with van der Waals surface area (Å²) < 4.78 is 0. The van der Waals surface area contributed by atoms with Crippen molar-refractivity contribution < 1.29 is 5.11 Å². The van der Waals surface area contributed by atoms with Crippen molar-refractivity contribution in [2.24, 2.45) is 11.3 Å². The Bertz CT molecular complexity index is 231. The van der Waals surface area contributed by atoms with Crippen molar-refractivity contribution in [3.63, 3.8) is 0 Å². The van der Waals surface area contributed by atoms with Crippen LogP contribution in [0.3, 0.4) is 0 Å². The fourth-order valence-electron chi connectivity index (χ4n) is 3.22. The van der Waals surface area contributed by atoms with Gasteiger partial charge in [0.15, 0.2) is 0 Å². The quantitative estimate of drug-likeness (QED) is 0.778. The van der Waals surface area contributed by atoms with Crippen molar-refractivity contribution in [3.05, 3.63) is 0 Å². The minimum Gasteiger partial charge on any atom is -0.396 e. The molecule has 0 aliphatic carbocycles. The lowest BCUT2D eigenvalue weighted by Crippen LogP contribution is -2.42. The molecule has 114 valence electrons. The SMILES string of the molecule is CCNC(CCO)CN1CCCC(C(C)(C)C)CC1. The predicted octanol–water partition coefficient (Wildman–Crippen LogP) is 2.50. The van der Waals surface area contributed by atoms with Gasteiger partial charge >= 0.3 is 0 Å². The highest BCUT2D eigenvalue weighted by Crippen LogP contribution is 2.34. The molecule has 0 saturated carbocycles. The first-order valence-corrected chi connectivity index (χ1v) is 8.04. The molecule has 1 saturated heterocycles. The number of nitrogens with zero attached hydrogens (tertiary/aromatic N) is 1. The Kier molecular flexibility index (Phi) is 7.33. The Balaban J connectivity index is 2.43. The van der Waals surface area contributed by atoms with Gasteiger partial charge < -0.3 is 15.3 Å². The molecule has 0 aromatic heterocycles. The molecule has 0 aromatic carbocycles. The summed E-state index contributed by atoms with van der Waals surface area (Å²) in [6.45, 7) is 14.1. The minimum absolute atomic E-state index is 0.288. The zero-order chi connectivity index (χ0) is 14.3. The van der Waals surface area contributed by atoms with Gasteiger partial charge in [0.25, 0.3) is 0 Å². The maximum absolute atomic E-state index is 9.14. The van der Waals surface area contributed by atoms with Crippen molar-refractivity contribution in [2.75, 3.05) is 32.8 Å². The molecular weight excluding hydrogens is 236 g/mol. The highest BCUT2D eigenvalue weighted by atomic mass is 16.3. The van der Waals surface area contributed by atoms with E-state index >= 15 is 0 Å². The van der Waals surface area contributed by atoms with Crippen LogP contribution in [0.5, 0.6) is 0 Å². The van der Waals surface area contributed by atoms with Crippen LogP contribution in [0.1, 0.15) is 53.4 Å². The van der Waals surface area contributed by atoms with Gasteiger partial charge in [-0.15, -0.1) is 0 Å². The van der Waals surface area contributed by atoms with Crippen LogP contribution in [0.15, 0.2) is 0 Å². The van der Waals surface area contributed by atoms with Crippen LogP contribution in [-0.4, -0.2) is 48.8 Å². The Labute approximate surface area is 119 Å². The zero-order valence-corrected chi connectivity index (χ0v) is 13.4. The number of aliphatic hydroxyl groups is 1. The number of likely N-dealkylation sites (N-methyl/N-ethyl adjacent to an activating group) is 1. The molecule has 2 N–H and O–H groups in total. The van der Waals surface area contributed by atoms with Gasteiger partial charge in [-0.05, 0) is 56.7 Å². The van der Waals surface area contributed by atoms with Gasteiger partial charge in [-0.25, -0.2) is 0 Å². The smallest absolute Gasteiger partial charge is 0.0446 e. The lowest BCUT2D eigenvalue weighted by molar-refractivity contribution is 0.193. The van der Waals surface area contributed by atoms with Gasteiger partial charge in [0.05, 0.1) is 0 Å². The van der Waals surface area contributed by atoms with Crippen LogP contribution in [0.25, 0.3) is 0 Å². The van der Waals surface area contributed by atoms with Gasteiger partial charge in [0.1, 0.15) is 0 Å². The average molecular weight is 270 g/mol. The molecule has 2 unspecified atom stereocenters. The number of hydrogen-bond donors (Lipinski definition) is 2. The van der Waals surface area contributed by atoms with Crippen LogP contribution in [-0.2, 0) is 0 Å². The molecule has 3 heteroatoms. The standard InChI is InChI=1S/C16H34N2O/c1-5-17-15(9-12-19)13-18-10-6-7-14(8-11-18)16(2,3)4/h14-15,17,19H,5-13H2,1-4H3. The molecule has 3 nitrogen and oxygen atoms in total. The Morgan fingerprint density at radius 1 is 1.26 bits per heavy atom. The Morgan fingerprint density at radius 3 is 2.58 bits per heavy atom. The fourth-order valence-corrected chi connectivity index (χ4v) is 3.22. The second kappa shape index (κ2) is 8.23. The van der Waals surface area contributed by atoms with E-state index in [-0.39, 0.29) is 6.61 Å². The van der Waals surface area contributed by atoms with Crippen LogP contribution in [0.4, 0.5) is 0 Å². The van der Waals surface area contributed by atoms with E-state index in [4.69, 9.17) is 5.11 Å². The minimum atomic E-state index is 0.288. The van der Waals surface area contributed by atoms with Gasteiger partial charge in [-0.3, -0.25) is 0 Å². The zero-order valence-electron chi connectivity index (χ0n) is 13.4. The third kappa shape index (κ3) is 6.24. The molecule has 1 fully saturated rings. The van der Waals surface area contributed by atoms with Crippen LogP contribution in [0, 0.1) is 11.3 Å². The molecule has 0 amide bonds. The molecular formula is C16H34N2O. The van der Waals surface area contributed by atoms with E-state index in [0.717, 1.165) is 25.4 Å². The fraction of sp³-hybridized carbons (Fsp3) is 1.00. The first kappa shape index (κ1) is 16.9. The monoisotopic (exact) mass is 270 g/mol. The van der Waals surface area contributed by atoms with Crippen LogP contribution >= 0.6 is 0 Å². The van der Waals surface area contributed by atoms with Crippen molar-refractivity contribution >= 4 is 0 Å². The molecule has 19 heavy (non-hydrogen) atoms. The Hall–Kier alpha value is -0.120. The summed E-state index contributed by atoms with van der Waals surface area (Å²) >= 11 is 0. The molecule has 0 bridgehead atoms. The van der Waals surface area contributed by atoms with Gasteiger partial charge in [-0.2, -0.15) is 0 Å². The number of likely N-dealkylation sites (tertiary alicyclic amines) is 1.